The minimum atomic E-state index is -0.184. The van der Waals surface area contributed by atoms with Crippen LogP contribution in [-0.2, 0) is 11.3 Å². The molecule has 1 amide bonds. The smallest absolute Gasteiger partial charge is 0.226 e. The molecule has 0 bridgehead atoms. The van der Waals surface area contributed by atoms with Crippen LogP contribution in [0.4, 0.5) is 0 Å². The Balaban J connectivity index is 1.91. The molecule has 2 rings (SSSR count). The molecule has 0 saturated heterocycles. The molecule has 4 heteroatoms. The van der Waals surface area contributed by atoms with Crippen LogP contribution in [0.5, 0.6) is 0 Å². The highest BCUT2D eigenvalue weighted by atomic mass is 32.1. The van der Waals surface area contributed by atoms with Crippen LogP contribution in [0, 0.1) is 5.41 Å². The Morgan fingerprint density at radius 3 is 2.40 bits per heavy atom. The van der Waals surface area contributed by atoms with Gasteiger partial charge in [0.1, 0.15) is 4.99 Å². The number of amides is 1. The SMILES string of the molecule is CC1(C(=O)NCc2ccc(C(N)=S)cc2)CCCCC1. The maximum atomic E-state index is 12.3. The first-order valence-electron chi connectivity index (χ1n) is 7.18. The van der Waals surface area contributed by atoms with Gasteiger partial charge in [-0.15, -0.1) is 0 Å². The van der Waals surface area contributed by atoms with E-state index >= 15 is 0 Å². The number of rotatable bonds is 4. The number of hydrogen-bond donors (Lipinski definition) is 2. The van der Waals surface area contributed by atoms with Gasteiger partial charge in [0, 0.05) is 17.5 Å². The largest absolute Gasteiger partial charge is 0.389 e. The van der Waals surface area contributed by atoms with E-state index in [2.05, 4.69) is 12.2 Å². The molecule has 1 aromatic rings. The van der Waals surface area contributed by atoms with E-state index in [1.165, 1.54) is 6.42 Å². The summed E-state index contributed by atoms with van der Waals surface area (Å²) in [5.41, 5.74) is 7.30. The summed E-state index contributed by atoms with van der Waals surface area (Å²) < 4.78 is 0. The maximum absolute atomic E-state index is 12.3. The first-order chi connectivity index (χ1) is 9.51. The van der Waals surface area contributed by atoms with E-state index < -0.39 is 0 Å². The molecule has 0 aliphatic heterocycles. The average Bonchev–Trinajstić information content (AvgIpc) is 2.46. The molecule has 3 N–H and O–H groups in total. The summed E-state index contributed by atoms with van der Waals surface area (Å²) in [5, 5.41) is 3.05. The van der Waals surface area contributed by atoms with Crippen molar-refractivity contribution in [2.24, 2.45) is 11.1 Å². The molecule has 0 unspecified atom stereocenters. The topological polar surface area (TPSA) is 55.1 Å². The van der Waals surface area contributed by atoms with Gasteiger partial charge in [-0.2, -0.15) is 0 Å². The molecule has 108 valence electrons. The minimum Gasteiger partial charge on any atom is -0.389 e. The normalized spacial score (nSPS) is 17.4. The van der Waals surface area contributed by atoms with Crippen molar-refractivity contribution in [3.8, 4) is 0 Å². The zero-order valence-corrected chi connectivity index (χ0v) is 12.8. The minimum absolute atomic E-state index is 0.177. The number of hydrogen-bond acceptors (Lipinski definition) is 2. The predicted octanol–water partition coefficient (Wildman–Crippen LogP) is 2.91. The fourth-order valence-corrected chi connectivity index (χ4v) is 2.88. The van der Waals surface area contributed by atoms with E-state index in [1.807, 2.05) is 24.3 Å². The molecule has 1 aromatic carbocycles. The van der Waals surface area contributed by atoms with Crippen molar-refractivity contribution in [3.05, 3.63) is 35.4 Å². The lowest BCUT2D eigenvalue weighted by molar-refractivity contribution is -0.132. The Morgan fingerprint density at radius 1 is 1.25 bits per heavy atom. The van der Waals surface area contributed by atoms with Crippen molar-refractivity contribution < 1.29 is 4.79 Å². The van der Waals surface area contributed by atoms with Gasteiger partial charge in [-0.25, -0.2) is 0 Å². The fourth-order valence-electron chi connectivity index (χ4n) is 2.74. The van der Waals surface area contributed by atoms with Gasteiger partial charge >= 0.3 is 0 Å². The average molecular weight is 290 g/mol. The van der Waals surface area contributed by atoms with Crippen molar-refractivity contribution in [2.45, 2.75) is 45.6 Å². The summed E-state index contributed by atoms with van der Waals surface area (Å²) in [5.74, 6) is 0.177. The summed E-state index contributed by atoms with van der Waals surface area (Å²) in [6.45, 7) is 2.64. The quantitative estimate of drug-likeness (QED) is 0.838. The second-order valence-corrected chi connectivity index (χ2v) is 6.30. The number of carbonyl (C=O) groups excluding carboxylic acids is 1. The van der Waals surface area contributed by atoms with Gasteiger partial charge < -0.3 is 11.1 Å². The van der Waals surface area contributed by atoms with E-state index in [9.17, 15) is 4.79 Å². The second kappa shape index (κ2) is 6.35. The van der Waals surface area contributed by atoms with E-state index in [0.29, 0.717) is 11.5 Å². The van der Waals surface area contributed by atoms with Crippen molar-refractivity contribution in [2.75, 3.05) is 0 Å². The van der Waals surface area contributed by atoms with Crippen molar-refractivity contribution in [1.29, 1.82) is 0 Å². The van der Waals surface area contributed by atoms with Crippen LogP contribution in [0.2, 0.25) is 0 Å². The van der Waals surface area contributed by atoms with Crippen molar-refractivity contribution in [3.63, 3.8) is 0 Å². The van der Waals surface area contributed by atoms with Gasteiger partial charge in [0.05, 0.1) is 0 Å². The highest BCUT2D eigenvalue weighted by molar-refractivity contribution is 7.80. The Labute approximate surface area is 125 Å². The molecule has 0 atom stereocenters. The third-order valence-corrected chi connectivity index (χ3v) is 4.43. The molecule has 1 aliphatic carbocycles. The standard InChI is InChI=1S/C16H22N2OS/c1-16(9-3-2-4-10-16)15(19)18-11-12-5-7-13(8-6-12)14(17)20/h5-8H,2-4,9-11H2,1H3,(H2,17,20)(H,18,19). The van der Waals surface area contributed by atoms with Crippen LogP contribution in [0.3, 0.4) is 0 Å². The van der Waals surface area contributed by atoms with Gasteiger partial charge in [-0.1, -0.05) is 62.7 Å². The van der Waals surface area contributed by atoms with Crippen LogP contribution < -0.4 is 11.1 Å². The molecule has 1 aliphatic rings. The number of thiocarbonyl (C=S) groups is 1. The van der Waals surface area contributed by atoms with E-state index in [1.54, 1.807) is 0 Å². The molecule has 20 heavy (non-hydrogen) atoms. The molecular weight excluding hydrogens is 268 g/mol. The summed E-state index contributed by atoms with van der Waals surface area (Å²) in [6.07, 6.45) is 5.57. The number of benzene rings is 1. The monoisotopic (exact) mass is 290 g/mol. The lowest BCUT2D eigenvalue weighted by Crippen LogP contribution is -2.39. The molecule has 0 heterocycles. The highest BCUT2D eigenvalue weighted by Crippen LogP contribution is 2.35. The summed E-state index contributed by atoms with van der Waals surface area (Å²) in [4.78, 5) is 12.7. The van der Waals surface area contributed by atoms with Crippen molar-refractivity contribution >= 4 is 23.1 Å². The summed E-state index contributed by atoms with van der Waals surface area (Å²) in [6, 6.07) is 7.70. The summed E-state index contributed by atoms with van der Waals surface area (Å²) >= 11 is 4.92. The molecule has 3 nitrogen and oxygen atoms in total. The van der Waals surface area contributed by atoms with Gasteiger partial charge in [-0.3, -0.25) is 4.79 Å². The molecule has 0 aromatic heterocycles. The van der Waals surface area contributed by atoms with E-state index in [0.717, 1.165) is 36.8 Å². The molecule has 0 radical (unpaired) electrons. The van der Waals surface area contributed by atoms with Crippen LogP contribution in [-0.4, -0.2) is 10.9 Å². The Kier molecular flexibility index (Phi) is 4.76. The third kappa shape index (κ3) is 3.57. The van der Waals surface area contributed by atoms with Crippen molar-refractivity contribution in [1.82, 2.24) is 5.32 Å². The Bertz CT molecular complexity index is 490. The van der Waals surface area contributed by atoms with Crippen LogP contribution in [0.25, 0.3) is 0 Å². The zero-order chi connectivity index (χ0) is 14.6. The van der Waals surface area contributed by atoms with Crippen LogP contribution in [0.15, 0.2) is 24.3 Å². The van der Waals surface area contributed by atoms with Crippen LogP contribution in [0.1, 0.15) is 50.2 Å². The van der Waals surface area contributed by atoms with Gasteiger partial charge in [0.2, 0.25) is 5.91 Å². The van der Waals surface area contributed by atoms with Gasteiger partial charge in [-0.05, 0) is 18.4 Å². The molecule has 0 spiro atoms. The lowest BCUT2D eigenvalue weighted by Gasteiger charge is -2.32. The summed E-state index contributed by atoms with van der Waals surface area (Å²) in [7, 11) is 0. The molecular formula is C16H22N2OS. The van der Waals surface area contributed by atoms with Gasteiger partial charge in [0.15, 0.2) is 0 Å². The predicted molar refractivity (Wildman–Crippen MR) is 85.4 cm³/mol. The number of nitrogens with two attached hydrogens (primary N) is 1. The zero-order valence-electron chi connectivity index (χ0n) is 11.9. The Hall–Kier alpha value is -1.42. The molecule has 1 fully saturated rings. The highest BCUT2D eigenvalue weighted by Gasteiger charge is 2.34. The number of nitrogens with one attached hydrogen (secondary N) is 1. The second-order valence-electron chi connectivity index (χ2n) is 5.87. The van der Waals surface area contributed by atoms with E-state index in [4.69, 9.17) is 18.0 Å². The van der Waals surface area contributed by atoms with Gasteiger partial charge in [0.25, 0.3) is 0 Å². The number of carbonyl (C=O) groups is 1. The first kappa shape index (κ1) is 15.0. The Morgan fingerprint density at radius 2 is 1.85 bits per heavy atom. The first-order valence-corrected chi connectivity index (χ1v) is 7.59. The fraction of sp³-hybridized carbons (Fsp3) is 0.500. The lowest BCUT2D eigenvalue weighted by atomic mass is 9.75. The maximum Gasteiger partial charge on any atom is 0.226 e. The van der Waals surface area contributed by atoms with Crippen LogP contribution >= 0.6 is 12.2 Å². The van der Waals surface area contributed by atoms with E-state index in [-0.39, 0.29) is 11.3 Å². The third-order valence-electron chi connectivity index (χ3n) is 4.20. The molecule has 1 saturated carbocycles.